The van der Waals surface area contributed by atoms with E-state index in [0.29, 0.717) is 11.6 Å². The third-order valence-corrected chi connectivity index (χ3v) is 4.65. The summed E-state index contributed by atoms with van der Waals surface area (Å²) in [5.74, 6) is 1.07. The van der Waals surface area contributed by atoms with Gasteiger partial charge in [0.1, 0.15) is 5.75 Å². The zero-order chi connectivity index (χ0) is 18.5. The van der Waals surface area contributed by atoms with Crippen molar-refractivity contribution >= 4 is 11.7 Å². The van der Waals surface area contributed by atoms with E-state index >= 15 is 0 Å². The smallest absolute Gasteiger partial charge is 0.263 e. The fourth-order valence-corrected chi connectivity index (χ4v) is 3.23. The van der Waals surface area contributed by atoms with Crippen LogP contribution in [-0.4, -0.2) is 34.2 Å². The van der Waals surface area contributed by atoms with Gasteiger partial charge < -0.3 is 10.1 Å². The molecule has 2 aromatic carbocycles. The number of nitrogens with zero attached hydrogens (tertiary/aromatic N) is 2. The summed E-state index contributed by atoms with van der Waals surface area (Å²) in [5, 5.41) is 10.1. The standard InChI is InChI=1S/C21H22N4O2/c26-20(15-27-17-9-5-2-6-10-17)22-21-18-13-25(14-19(18)23-24-21)12-11-16-7-3-1-4-8-16/h1-10H,11-15H2,(H2,22,23,24,26). The predicted molar refractivity (Wildman–Crippen MR) is 103 cm³/mol. The maximum absolute atomic E-state index is 12.2. The van der Waals surface area contributed by atoms with Crippen LogP contribution in [0.1, 0.15) is 16.8 Å². The van der Waals surface area contributed by atoms with E-state index in [0.717, 1.165) is 37.3 Å². The lowest BCUT2D eigenvalue weighted by Crippen LogP contribution is -2.22. The van der Waals surface area contributed by atoms with Gasteiger partial charge in [0.25, 0.3) is 5.91 Å². The number of hydrogen-bond donors (Lipinski definition) is 2. The Bertz CT molecular complexity index is 893. The molecule has 2 N–H and O–H groups in total. The molecule has 0 fully saturated rings. The number of amides is 1. The monoisotopic (exact) mass is 362 g/mol. The van der Waals surface area contributed by atoms with Crippen LogP contribution >= 0.6 is 0 Å². The fourth-order valence-electron chi connectivity index (χ4n) is 3.23. The lowest BCUT2D eigenvalue weighted by molar-refractivity contribution is -0.118. The lowest BCUT2D eigenvalue weighted by Gasteiger charge is -2.15. The number of ether oxygens (including phenoxy) is 1. The first-order chi connectivity index (χ1) is 13.3. The van der Waals surface area contributed by atoms with Crippen molar-refractivity contribution in [3.63, 3.8) is 0 Å². The number of rotatable bonds is 7. The van der Waals surface area contributed by atoms with Gasteiger partial charge in [-0.3, -0.25) is 14.8 Å². The van der Waals surface area contributed by atoms with Crippen LogP contribution in [0.4, 0.5) is 5.82 Å². The second-order valence-corrected chi connectivity index (χ2v) is 6.63. The largest absolute Gasteiger partial charge is 0.484 e. The first-order valence-electron chi connectivity index (χ1n) is 9.08. The van der Waals surface area contributed by atoms with Gasteiger partial charge in [-0.05, 0) is 24.1 Å². The van der Waals surface area contributed by atoms with Gasteiger partial charge in [-0.15, -0.1) is 0 Å². The van der Waals surface area contributed by atoms with Crippen LogP contribution in [0.2, 0.25) is 0 Å². The molecule has 1 aromatic heterocycles. The number of aromatic nitrogens is 2. The van der Waals surface area contributed by atoms with Crippen molar-refractivity contribution in [2.75, 3.05) is 18.5 Å². The van der Waals surface area contributed by atoms with E-state index in [1.165, 1.54) is 5.56 Å². The van der Waals surface area contributed by atoms with Gasteiger partial charge in [0.05, 0.1) is 5.69 Å². The van der Waals surface area contributed by atoms with E-state index in [-0.39, 0.29) is 12.5 Å². The number of anilines is 1. The number of nitrogens with one attached hydrogen (secondary N) is 2. The Hall–Kier alpha value is -3.12. The normalized spacial score (nSPS) is 13.3. The number of aromatic amines is 1. The average molecular weight is 362 g/mol. The van der Waals surface area contributed by atoms with Crippen molar-refractivity contribution in [1.82, 2.24) is 15.1 Å². The molecule has 0 atom stereocenters. The first-order valence-corrected chi connectivity index (χ1v) is 9.08. The summed E-state index contributed by atoms with van der Waals surface area (Å²) >= 11 is 0. The van der Waals surface area contributed by atoms with Crippen LogP contribution in [0.15, 0.2) is 60.7 Å². The van der Waals surface area contributed by atoms with Crippen LogP contribution in [0.25, 0.3) is 0 Å². The Balaban J connectivity index is 1.29. The van der Waals surface area contributed by atoms with Crippen molar-refractivity contribution in [3.8, 4) is 5.75 Å². The molecule has 6 nitrogen and oxygen atoms in total. The van der Waals surface area contributed by atoms with Crippen molar-refractivity contribution in [3.05, 3.63) is 77.5 Å². The second kappa shape index (κ2) is 8.05. The Labute approximate surface area is 158 Å². The van der Waals surface area contributed by atoms with E-state index in [1.807, 2.05) is 36.4 Å². The zero-order valence-corrected chi connectivity index (χ0v) is 15.0. The van der Waals surface area contributed by atoms with E-state index in [1.54, 1.807) is 0 Å². The minimum Gasteiger partial charge on any atom is -0.484 e. The second-order valence-electron chi connectivity index (χ2n) is 6.63. The summed E-state index contributed by atoms with van der Waals surface area (Å²) in [7, 11) is 0. The Morgan fingerprint density at radius 3 is 2.59 bits per heavy atom. The molecule has 2 heterocycles. The minimum atomic E-state index is -0.212. The predicted octanol–water partition coefficient (Wildman–Crippen LogP) is 2.99. The molecule has 6 heteroatoms. The number of carbonyl (C=O) groups excluding carboxylic acids is 1. The van der Waals surface area contributed by atoms with Crippen molar-refractivity contribution in [2.24, 2.45) is 0 Å². The van der Waals surface area contributed by atoms with Gasteiger partial charge in [0, 0.05) is 25.2 Å². The molecule has 0 bridgehead atoms. The highest BCUT2D eigenvalue weighted by Gasteiger charge is 2.25. The summed E-state index contributed by atoms with van der Waals surface area (Å²) < 4.78 is 5.48. The summed E-state index contributed by atoms with van der Waals surface area (Å²) in [4.78, 5) is 14.5. The van der Waals surface area contributed by atoms with Gasteiger partial charge in [0.15, 0.2) is 12.4 Å². The van der Waals surface area contributed by atoms with Gasteiger partial charge >= 0.3 is 0 Å². The molecule has 1 amide bonds. The molecule has 0 saturated heterocycles. The number of H-pyrrole nitrogens is 1. The minimum absolute atomic E-state index is 0.0383. The van der Waals surface area contributed by atoms with Crippen LogP contribution < -0.4 is 10.1 Å². The molecule has 3 aromatic rings. The first kappa shape index (κ1) is 17.3. The molecule has 0 saturated carbocycles. The Morgan fingerprint density at radius 2 is 1.81 bits per heavy atom. The molecular formula is C21H22N4O2. The van der Waals surface area contributed by atoms with Crippen molar-refractivity contribution in [1.29, 1.82) is 0 Å². The molecule has 1 aliphatic rings. The number of carbonyl (C=O) groups is 1. The highest BCUT2D eigenvalue weighted by Crippen LogP contribution is 2.27. The highest BCUT2D eigenvalue weighted by atomic mass is 16.5. The number of benzene rings is 2. The number of fused-ring (bicyclic) bond motifs is 1. The Morgan fingerprint density at radius 1 is 1.07 bits per heavy atom. The number of hydrogen-bond acceptors (Lipinski definition) is 4. The Kier molecular flexibility index (Phi) is 5.16. The van der Waals surface area contributed by atoms with Gasteiger partial charge in [-0.1, -0.05) is 48.5 Å². The van der Waals surface area contributed by atoms with Crippen LogP contribution in [0.3, 0.4) is 0 Å². The van der Waals surface area contributed by atoms with Crippen molar-refractivity contribution in [2.45, 2.75) is 19.5 Å². The summed E-state index contributed by atoms with van der Waals surface area (Å²) in [6, 6.07) is 19.8. The van der Waals surface area contributed by atoms with Gasteiger partial charge in [-0.2, -0.15) is 5.10 Å². The SMILES string of the molecule is O=C(COc1ccccc1)Nc1n[nH]c2c1CN(CCc1ccccc1)C2. The van der Waals surface area contributed by atoms with E-state index < -0.39 is 0 Å². The summed E-state index contributed by atoms with van der Waals surface area (Å²) in [5.41, 5.74) is 3.47. The maximum atomic E-state index is 12.2. The lowest BCUT2D eigenvalue weighted by atomic mass is 10.1. The summed E-state index contributed by atoms with van der Waals surface area (Å²) in [6.45, 7) is 2.54. The molecule has 27 heavy (non-hydrogen) atoms. The summed E-state index contributed by atoms with van der Waals surface area (Å²) in [6.07, 6.45) is 1.01. The van der Waals surface area contributed by atoms with E-state index in [4.69, 9.17) is 4.74 Å². The molecule has 0 unspecified atom stereocenters. The van der Waals surface area contributed by atoms with Crippen molar-refractivity contribution < 1.29 is 9.53 Å². The number of para-hydroxylation sites is 1. The van der Waals surface area contributed by atoms with Gasteiger partial charge in [-0.25, -0.2) is 0 Å². The van der Waals surface area contributed by atoms with Crippen LogP contribution in [0.5, 0.6) is 5.75 Å². The molecule has 1 aliphatic heterocycles. The topological polar surface area (TPSA) is 70.2 Å². The quantitative estimate of drug-likeness (QED) is 0.678. The maximum Gasteiger partial charge on any atom is 0.263 e. The third-order valence-electron chi connectivity index (χ3n) is 4.65. The molecule has 4 rings (SSSR count). The molecule has 0 spiro atoms. The van der Waals surface area contributed by atoms with Gasteiger partial charge in [0.2, 0.25) is 0 Å². The average Bonchev–Trinajstić information content (AvgIpc) is 3.28. The molecule has 0 radical (unpaired) electrons. The molecular weight excluding hydrogens is 340 g/mol. The third kappa shape index (κ3) is 4.35. The van der Waals surface area contributed by atoms with Crippen LogP contribution in [-0.2, 0) is 24.3 Å². The highest BCUT2D eigenvalue weighted by molar-refractivity contribution is 5.91. The van der Waals surface area contributed by atoms with E-state index in [2.05, 4.69) is 44.7 Å². The fraction of sp³-hybridized carbons (Fsp3) is 0.238. The zero-order valence-electron chi connectivity index (χ0n) is 15.0. The molecule has 0 aliphatic carbocycles. The van der Waals surface area contributed by atoms with E-state index in [9.17, 15) is 4.79 Å². The molecule has 138 valence electrons. The van der Waals surface area contributed by atoms with Crippen LogP contribution in [0, 0.1) is 0 Å².